The number of fused-ring (bicyclic) bond motifs is 1. The average molecular weight is 272 g/mol. The monoisotopic (exact) mass is 271 g/mol. The largest absolute Gasteiger partial charge is 0.496 e. The van der Waals surface area contributed by atoms with Gasteiger partial charge in [0.1, 0.15) is 5.75 Å². The van der Waals surface area contributed by atoms with Gasteiger partial charge in [0.15, 0.2) is 0 Å². The number of nitrogens with one attached hydrogen (secondary N) is 1. The van der Waals surface area contributed by atoms with Crippen molar-refractivity contribution in [3.63, 3.8) is 0 Å². The zero-order chi connectivity index (χ0) is 12.3. The molecule has 0 aromatic heterocycles. The third kappa shape index (κ3) is 2.72. The molecule has 0 fully saturated rings. The number of methoxy groups -OCH3 is 1. The summed E-state index contributed by atoms with van der Waals surface area (Å²) in [5.74, 6) is 3.11. The number of hydrogen-bond acceptors (Lipinski definition) is 3. The summed E-state index contributed by atoms with van der Waals surface area (Å²) in [6.07, 6.45) is 1.12. The summed E-state index contributed by atoms with van der Waals surface area (Å²) in [7, 11) is 1.72. The Hall–Kier alpha value is -0.380. The predicted molar refractivity (Wildman–Crippen MR) is 75.2 cm³/mol. The molecule has 2 rings (SSSR count). The van der Waals surface area contributed by atoms with Gasteiger partial charge < -0.3 is 10.1 Å². The van der Waals surface area contributed by atoms with Crippen LogP contribution in [0.25, 0.3) is 0 Å². The first-order valence-corrected chi connectivity index (χ1v) is 7.47. The topological polar surface area (TPSA) is 21.3 Å². The highest BCUT2D eigenvalue weighted by Gasteiger charge is 2.23. The first kappa shape index (κ1) is 13.1. The minimum atomic E-state index is 0.354. The summed E-state index contributed by atoms with van der Waals surface area (Å²) in [6, 6.07) is 4.27. The van der Waals surface area contributed by atoms with Crippen LogP contribution in [0.15, 0.2) is 12.1 Å². The summed E-state index contributed by atoms with van der Waals surface area (Å²) in [6.45, 7) is 3.09. The Morgan fingerprint density at radius 3 is 3.06 bits per heavy atom. The smallest absolute Gasteiger partial charge is 0.123 e. The molecule has 2 nitrogen and oxygen atoms in total. The molecule has 1 aliphatic heterocycles. The lowest BCUT2D eigenvalue weighted by atomic mass is 9.98. The Bertz CT molecular complexity index is 397. The fraction of sp³-hybridized carbons (Fsp3) is 0.538. The lowest BCUT2D eigenvalue weighted by Crippen LogP contribution is -2.22. The molecule has 4 heteroatoms. The van der Waals surface area contributed by atoms with E-state index in [-0.39, 0.29) is 0 Å². The highest BCUT2D eigenvalue weighted by atomic mass is 35.5. The minimum absolute atomic E-state index is 0.354. The SMILES string of the molecule is CCNC1CCSCc2c(OC)ccc(Cl)c21. The molecule has 1 atom stereocenters. The maximum absolute atomic E-state index is 6.37. The highest BCUT2D eigenvalue weighted by Crippen LogP contribution is 2.39. The molecule has 1 aromatic rings. The van der Waals surface area contributed by atoms with Crippen LogP contribution in [0.2, 0.25) is 5.02 Å². The second-order valence-electron chi connectivity index (χ2n) is 4.09. The number of benzene rings is 1. The van der Waals surface area contributed by atoms with E-state index in [2.05, 4.69) is 12.2 Å². The van der Waals surface area contributed by atoms with Gasteiger partial charge in [-0.2, -0.15) is 11.8 Å². The van der Waals surface area contributed by atoms with E-state index in [0.29, 0.717) is 6.04 Å². The van der Waals surface area contributed by atoms with Crippen LogP contribution in [0.1, 0.15) is 30.5 Å². The number of thioether (sulfide) groups is 1. The molecular formula is C13H18ClNOS. The lowest BCUT2D eigenvalue weighted by molar-refractivity contribution is 0.409. The molecule has 1 aliphatic rings. The van der Waals surface area contributed by atoms with Crippen molar-refractivity contribution in [3.8, 4) is 5.75 Å². The van der Waals surface area contributed by atoms with Gasteiger partial charge in [-0.1, -0.05) is 18.5 Å². The van der Waals surface area contributed by atoms with Gasteiger partial charge >= 0.3 is 0 Å². The first-order valence-electron chi connectivity index (χ1n) is 5.94. The van der Waals surface area contributed by atoms with E-state index in [1.165, 1.54) is 11.1 Å². The van der Waals surface area contributed by atoms with E-state index in [4.69, 9.17) is 16.3 Å². The summed E-state index contributed by atoms with van der Waals surface area (Å²) in [4.78, 5) is 0. The van der Waals surface area contributed by atoms with Crippen LogP contribution in [-0.2, 0) is 5.75 Å². The van der Waals surface area contributed by atoms with E-state index < -0.39 is 0 Å². The molecule has 94 valence electrons. The maximum atomic E-state index is 6.37. The third-order valence-corrected chi connectivity index (χ3v) is 4.42. The van der Waals surface area contributed by atoms with Crippen molar-refractivity contribution in [3.05, 3.63) is 28.3 Å². The molecule has 0 bridgehead atoms. The normalized spacial score (nSPS) is 19.6. The molecule has 0 saturated heterocycles. The Morgan fingerprint density at radius 2 is 2.35 bits per heavy atom. The van der Waals surface area contributed by atoms with Gasteiger partial charge in [-0.3, -0.25) is 0 Å². The minimum Gasteiger partial charge on any atom is -0.496 e. The van der Waals surface area contributed by atoms with Crippen molar-refractivity contribution in [2.24, 2.45) is 0 Å². The van der Waals surface area contributed by atoms with Crippen LogP contribution in [0.5, 0.6) is 5.75 Å². The van der Waals surface area contributed by atoms with Crippen molar-refractivity contribution in [2.45, 2.75) is 25.1 Å². The van der Waals surface area contributed by atoms with Gasteiger partial charge in [0.2, 0.25) is 0 Å². The average Bonchev–Trinajstić information content (AvgIpc) is 2.54. The fourth-order valence-corrected chi connectivity index (χ4v) is 3.66. The maximum Gasteiger partial charge on any atom is 0.123 e. The Kier molecular flexibility index (Phi) is 4.60. The Balaban J connectivity index is 2.47. The molecule has 0 radical (unpaired) electrons. The lowest BCUT2D eigenvalue weighted by Gasteiger charge is -2.21. The predicted octanol–water partition coefficient (Wildman–Crippen LogP) is 3.64. The van der Waals surface area contributed by atoms with Crippen LogP contribution in [-0.4, -0.2) is 19.4 Å². The van der Waals surface area contributed by atoms with E-state index in [0.717, 1.165) is 35.2 Å². The molecule has 0 aliphatic carbocycles. The second-order valence-corrected chi connectivity index (χ2v) is 5.61. The number of ether oxygens (including phenoxy) is 1. The van der Waals surface area contributed by atoms with Gasteiger partial charge in [-0.25, -0.2) is 0 Å². The van der Waals surface area contributed by atoms with Gasteiger partial charge in [0.25, 0.3) is 0 Å². The molecule has 1 unspecified atom stereocenters. The van der Waals surface area contributed by atoms with Gasteiger partial charge in [-0.15, -0.1) is 0 Å². The summed E-state index contributed by atoms with van der Waals surface area (Å²) >= 11 is 8.32. The molecular weight excluding hydrogens is 254 g/mol. The van der Waals surface area contributed by atoms with E-state index in [1.54, 1.807) is 7.11 Å². The zero-order valence-electron chi connectivity index (χ0n) is 10.3. The second kappa shape index (κ2) is 5.98. The summed E-state index contributed by atoms with van der Waals surface area (Å²) in [5.41, 5.74) is 2.49. The molecule has 1 aromatic carbocycles. The third-order valence-electron chi connectivity index (χ3n) is 3.08. The van der Waals surface area contributed by atoms with Crippen LogP contribution in [0.4, 0.5) is 0 Å². The van der Waals surface area contributed by atoms with Crippen molar-refractivity contribution >= 4 is 23.4 Å². The molecule has 17 heavy (non-hydrogen) atoms. The van der Waals surface area contributed by atoms with Crippen molar-refractivity contribution in [2.75, 3.05) is 19.4 Å². The Labute approximate surface area is 112 Å². The number of rotatable bonds is 3. The Morgan fingerprint density at radius 1 is 1.53 bits per heavy atom. The van der Waals surface area contributed by atoms with Gasteiger partial charge in [0.05, 0.1) is 7.11 Å². The van der Waals surface area contributed by atoms with Crippen LogP contribution >= 0.6 is 23.4 Å². The van der Waals surface area contributed by atoms with Crippen LogP contribution < -0.4 is 10.1 Å². The molecule has 1 heterocycles. The molecule has 0 saturated carbocycles. The van der Waals surface area contributed by atoms with Crippen LogP contribution in [0.3, 0.4) is 0 Å². The first-order chi connectivity index (χ1) is 8.27. The van der Waals surface area contributed by atoms with Crippen molar-refractivity contribution in [1.82, 2.24) is 5.32 Å². The van der Waals surface area contributed by atoms with Gasteiger partial charge in [-0.05, 0) is 36.4 Å². The highest BCUT2D eigenvalue weighted by molar-refractivity contribution is 7.98. The standard InChI is InChI=1S/C13H18ClNOS/c1-3-15-11-6-7-17-8-9-12(16-2)5-4-10(14)13(9)11/h4-5,11,15H,3,6-8H2,1-2H3. The summed E-state index contributed by atoms with van der Waals surface area (Å²) < 4.78 is 5.45. The number of halogens is 1. The zero-order valence-corrected chi connectivity index (χ0v) is 11.8. The van der Waals surface area contributed by atoms with E-state index in [9.17, 15) is 0 Å². The number of hydrogen-bond donors (Lipinski definition) is 1. The molecule has 1 N–H and O–H groups in total. The summed E-state index contributed by atoms with van der Waals surface area (Å²) in [5, 5.41) is 4.38. The molecule has 0 amide bonds. The molecule has 0 spiro atoms. The van der Waals surface area contributed by atoms with E-state index >= 15 is 0 Å². The quantitative estimate of drug-likeness (QED) is 0.907. The van der Waals surface area contributed by atoms with E-state index in [1.807, 2.05) is 23.9 Å². The van der Waals surface area contributed by atoms with Crippen LogP contribution in [0, 0.1) is 0 Å². The van der Waals surface area contributed by atoms with Gasteiger partial charge in [0, 0.05) is 22.4 Å². The van der Waals surface area contributed by atoms with Crippen molar-refractivity contribution < 1.29 is 4.74 Å². The fourth-order valence-electron chi connectivity index (χ4n) is 2.30. The van der Waals surface area contributed by atoms with Crippen molar-refractivity contribution in [1.29, 1.82) is 0 Å².